The van der Waals surface area contributed by atoms with Crippen LogP contribution in [-0.4, -0.2) is 15.9 Å². The first-order valence-electron chi connectivity index (χ1n) is 9.72. The molecule has 0 fully saturated rings. The van der Waals surface area contributed by atoms with E-state index in [0.717, 1.165) is 22.2 Å². The number of hydrogen-bond acceptors (Lipinski definition) is 3. The van der Waals surface area contributed by atoms with E-state index in [1.165, 1.54) is 11.1 Å². The van der Waals surface area contributed by atoms with Crippen molar-refractivity contribution in [1.82, 2.24) is 15.3 Å². The van der Waals surface area contributed by atoms with Gasteiger partial charge in [0.05, 0.1) is 28.5 Å². The largest absolute Gasteiger partial charge is 0.345 e. The van der Waals surface area contributed by atoms with Crippen LogP contribution in [-0.2, 0) is 0 Å². The van der Waals surface area contributed by atoms with Gasteiger partial charge in [-0.25, -0.2) is 4.98 Å². The third kappa shape index (κ3) is 3.87. The molecule has 1 N–H and O–H groups in total. The van der Waals surface area contributed by atoms with E-state index < -0.39 is 0 Å². The van der Waals surface area contributed by atoms with Gasteiger partial charge in [-0.2, -0.15) is 0 Å². The molecular weight excluding hydrogens is 358 g/mol. The van der Waals surface area contributed by atoms with Crippen molar-refractivity contribution in [3.8, 4) is 11.4 Å². The number of fused-ring (bicyclic) bond motifs is 1. The number of para-hydroxylation sites is 1. The smallest absolute Gasteiger partial charge is 0.252 e. The maximum Gasteiger partial charge on any atom is 0.252 e. The summed E-state index contributed by atoms with van der Waals surface area (Å²) in [5.74, 6) is -0.119. The zero-order valence-electron chi connectivity index (χ0n) is 16.8. The third-order valence-corrected chi connectivity index (χ3v) is 5.27. The van der Waals surface area contributed by atoms with Gasteiger partial charge in [-0.3, -0.25) is 9.78 Å². The molecule has 4 heteroatoms. The van der Waals surface area contributed by atoms with Crippen LogP contribution in [0.1, 0.15) is 40.0 Å². The molecule has 2 heterocycles. The third-order valence-electron chi connectivity index (χ3n) is 5.27. The van der Waals surface area contributed by atoms with Crippen molar-refractivity contribution in [3.05, 3.63) is 95.2 Å². The Balaban J connectivity index is 1.72. The summed E-state index contributed by atoms with van der Waals surface area (Å²) in [6.45, 7) is 6.18. The van der Waals surface area contributed by atoms with E-state index in [9.17, 15) is 4.79 Å². The lowest BCUT2D eigenvalue weighted by molar-refractivity contribution is 0.0941. The van der Waals surface area contributed by atoms with E-state index in [-0.39, 0.29) is 11.9 Å². The number of pyridine rings is 2. The quantitative estimate of drug-likeness (QED) is 0.515. The molecule has 0 unspecified atom stereocenters. The van der Waals surface area contributed by atoms with E-state index >= 15 is 0 Å². The molecule has 0 bridgehead atoms. The molecule has 0 saturated carbocycles. The van der Waals surface area contributed by atoms with Crippen LogP contribution < -0.4 is 5.32 Å². The van der Waals surface area contributed by atoms with Crippen LogP contribution in [0, 0.1) is 13.8 Å². The molecule has 0 saturated heterocycles. The second kappa shape index (κ2) is 7.84. The number of aryl methyl sites for hydroxylation is 2. The highest BCUT2D eigenvalue weighted by Gasteiger charge is 2.17. The summed E-state index contributed by atoms with van der Waals surface area (Å²) >= 11 is 0. The summed E-state index contributed by atoms with van der Waals surface area (Å²) in [6.07, 6.45) is 1.73. The molecule has 0 aliphatic rings. The number of nitrogens with zero attached hydrogens (tertiary/aromatic N) is 2. The normalized spacial score (nSPS) is 12.0. The van der Waals surface area contributed by atoms with E-state index in [4.69, 9.17) is 4.98 Å². The molecule has 1 amide bonds. The highest BCUT2D eigenvalue weighted by Crippen LogP contribution is 2.25. The average Bonchev–Trinajstić information content (AvgIpc) is 2.75. The number of benzene rings is 2. The maximum atomic E-state index is 13.2. The van der Waals surface area contributed by atoms with Gasteiger partial charge in [0.25, 0.3) is 5.91 Å². The Morgan fingerprint density at radius 3 is 2.45 bits per heavy atom. The van der Waals surface area contributed by atoms with Gasteiger partial charge >= 0.3 is 0 Å². The van der Waals surface area contributed by atoms with Crippen molar-refractivity contribution in [2.24, 2.45) is 0 Å². The fourth-order valence-electron chi connectivity index (χ4n) is 3.40. The van der Waals surface area contributed by atoms with Crippen LogP contribution in [0.25, 0.3) is 22.3 Å². The minimum Gasteiger partial charge on any atom is -0.345 e. The molecule has 0 aliphatic carbocycles. The van der Waals surface area contributed by atoms with E-state index in [1.807, 2.05) is 55.5 Å². The van der Waals surface area contributed by atoms with Gasteiger partial charge in [-0.1, -0.05) is 42.5 Å². The highest BCUT2D eigenvalue weighted by atomic mass is 16.1. The molecule has 144 valence electrons. The van der Waals surface area contributed by atoms with E-state index in [0.29, 0.717) is 11.3 Å². The predicted octanol–water partition coefficient (Wildman–Crippen LogP) is 5.40. The van der Waals surface area contributed by atoms with E-state index in [1.54, 1.807) is 6.20 Å². The van der Waals surface area contributed by atoms with E-state index in [2.05, 4.69) is 42.3 Å². The predicted molar refractivity (Wildman–Crippen MR) is 117 cm³/mol. The maximum absolute atomic E-state index is 13.2. The Hall–Kier alpha value is -3.53. The Labute approximate surface area is 170 Å². The number of amides is 1. The molecular formula is C25H23N3O. The van der Waals surface area contributed by atoms with Gasteiger partial charge in [-0.05, 0) is 61.7 Å². The Bertz CT molecular complexity index is 1190. The number of hydrogen-bond donors (Lipinski definition) is 1. The summed E-state index contributed by atoms with van der Waals surface area (Å²) in [5, 5.41) is 3.97. The van der Waals surface area contributed by atoms with Gasteiger partial charge in [-0.15, -0.1) is 0 Å². The molecule has 4 aromatic rings. The zero-order chi connectivity index (χ0) is 20.4. The molecule has 4 rings (SSSR count). The Kier molecular flexibility index (Phi) is 5.09. The van der Waals surface area contributed by atoms with Crippen LogP contribution >= 0.6 is 0 Å². The summed E-state index contributed by atoms with van der Waals surface area (Å²) in [4.78, 5) is 22.3. The van der Waals surface area contributed by atoms with Crippen LogP contribution in [0.3, 0.4) is 0 Å². The fourth-order valence-corrected chi connectivity index (χ4v) is 3.40. The first kappa shape index (κ1) is 18.8. The number of rotatable bonds is 4. The molecule has 0 radical (unpaired) electrons. The zero-order valence-corrected chi connectivity index (χ0v) is 16.8. The molecule has 4 nitrogen and oxygen atoms in total. The second-order valence-corrected chi connectivity index (χ2v) is 7.33. The second-order valence-electron chi connectivity index (χ2n) is 7.33. The lowest BCUT2D eigenvalue weighted by Gasteiger charge is -2.17. The number of aromatic nitrogens is 2. The number of carbonyl (C=O) groups excluding carboxylic acids is 1. The van der Waals surface area contributed by atoms with Gasteiger partial charge in [0.2, 0.25) is 0 Å². The lowest BCUT2D eigenvalue weighted by Crippen LogP contribution is -2.27. The SMILES string of the molecule is Cc1ccc([C@@H](C)NC(=O)c2cc(-c3ccccn3)nc3ccccc23)cc1C. The number of carbonyl (C=O) groups is 1. The van der Waals surface area contributed by atoms with Gasteiger partial charge < -0.3 is 5.32 Å². The standard InChI is InChI=1S/C25H23N3O/c1-16-11-12-19(14-17(16)2)18(3)27-25(29)21-15-24(23-10-6-7-13-26-23)28-22-9-5-4-8-20(21)22/h4-15,18H,1-3H3,(H,27,29)/t18-/m1/s1. The summed E-state index contributed by atoms with van der Waals surface area (Å²) in [7, 11) is 0. The molecule has 2 aromatic carbocycles. The molecule has 0 aliphatic heterocycles. The van der Waals surface area contributed by atoms with Crippen molar-refractivity contribution in [1.29, 1.82) is 0 Å². The van der Waals surface area contributed by atoms with Crippen molar-refractivity contribution in [3.63, 3.8) is 0 Å². The molecule has 1 atom stereocenters. The molecule has 2 aromatic heterocycles. The van der Waals surface area contributed by atoms with Crippen molar-refractivity contribution >= 4 is 16.8 Å². The van der Waals surface area contributed by atoms with Crippen LogP contribution in [0.4, 0.5) is 0 Å². The van der Waals surface area contributed by atoms with Gasteiger partial charge in [0.15, 0.2) is 0 Å². The van der Waals surface area contributed by atoms with Crippen molar-refractivity contribution in [2.45, 2.75) is 26.8 Å². The van der Waals surface area contributed by atoms with Gasteiger partial charge in [0.1, 0.15) is 0 Å². The van der Waals surface area contributed by atoms with Gasteiger partial charge in [0, 0.05) is 11.6 Å². The molecule has 0 spiro atoms. The average molecular weight is 381 g/mol. The summed E-state index contributed by atoms with van der Waals surface area (Å²) < 4.78 is 0. The van der Waals surface area contributed by atoms with Crippen LogP contribution in [0.2, 0.25) is 0 Å². The highest BCUT2D eigenvalue weighted by molar-refractivity contribution is 6.07. The Morgan fingerprint density at radius 1 is 0.897 bits per heavy atom. The van der Waals surface area contributed by atoms with Crippen molar-refractivity contribution < 1.29 is 4.79 Å². The minimum absolute atomic E-state index is 0.105. The summed E-state index contributed by atoms with van der Waals surface area (Å²) in [6, 6.07) is 21.4. The van der Waals surface area contributed by atoms with Crippen molar-refractivity contribution in [2.75, 3.05) is 0 Å². The summed E-state index contributed by atoms with van der Waals surface area (Å²) in [5.41, 5.74) is 6.36. The lowest BCUT2D eigenvalue weighted by atomic mass is 10.0. The van der Waals surface area contributed by atoms with Crippen LogP contribution in [0.5, 0.6) is 0 Å². The topological polar surface area (TPSA) is 54.9 Å². The Morgan fingerprint density at radius 2 is 1.69 bits per heavy atom. The number of nitrogens with one attached hydrogen (secondary N) is 1. The van der Waals surface area contributed by atoms with Crippen LogP contribution in [0.15, 0.2) is 72.9 Å². The fraction of sp³-hybridized carbons (Fsp3) is 0.160. The minimum atomic E-state index is -0.119. The monoisotopic (exact) mass is 381 g/mol. The first-order chi connectivity index (χ1) is 14.0. The molecule has 29 heavy (non-hydrogen) atoms. The first-order valence-corrected chi connectivity index (χ1v) is 9.72.